The van der Waals surface area contributed by atoms with Crippen LogP contribution >= 0.6 is 0 Å². The van der Waals surface area contributed by atoms with Gasteiger partial charge in [0, 0.05) is 12.5 Å². The third kappa shape index (κ3) is 1.60. The van der Waals surface area contributed by atoms with E-state index in [1.165, 1.54) is 6.07 Å². The molecule has 0 fully saturated rings. The second kappa shape index (κ2) is 4.17. The van der Waals surface area contributed by atoms with Gasteiger partial charge in [-0.2, -0.15) is 5.10 Å². The maximum absolute atomic E-state index is 13.0. The van der Waals surface area contributed by atoms with Crippen LogP contribution in [0, 0.1) is 18.6 Å². The average molecular weight is 200 g/mol. The number of benzene rings is 1. The van der Waals surface area contributed by atoms with E-state index in [-0.39, 0.29) is 6.94 Å². The molecule has 0 spiro atoms. The Bertz CT molecular complexity index is 440. The Morgan fingerprint density at radius 1 is 1.29 bits per heavy atom. The van der Waals surface area contributed by atoms with E-state index in [2.05, 4.69) is 10.2 Å². The number of rotatable bonds is 0. The van der Waals surface area contributed by atoms with E-state index in [1.807, 2.05) is 13.8 Å². The molecule has 0 aliphatic rings. The average Bonchev–Trinajstić information content (AvgIpc) is 2.58. The molecule has 1 aromatic carbocycles. The van der Waals surface area contributed by atoms with Crippen LogP contribution in [0.4, 0.5) is 8.78 Å². The second-order valence-electron chi connectivity index (χ2n) is 2.61. The van der Waals surface area contributed by atoms with Crippen LogP contribution in [0.5, 0.6) is 0 Å². The van der Waals surface area contributed by atoms with Gasteiger partial charge in [0.15, 0.2) is 11.6 Å². The summed E-state index contributed by atoms with van der Waals surface area (Å²) in [5.74, 6) is -1.76. The molecule has 0 amide bonds. The molecule has 1 N–H and O–H groups in total. The zero-order valence-corrected chi connectivity index (χ0v) is 8.36. The Morgan fingerprint density at radius 3 is 2.57 bits per heavy atom. The van der Waals surface area contributed by atoms with E-state index in [0.717, 1.165) is 11.8 Å². The van der Waals surface area contributed by atoms with Crippen molar-refractivity contribution >= 4 is 10.9 Å². The van der Waals surface area contributed by atoms with Crippen molar-refractivity contribution < 1.29 is 10.2 Å². The molecule has 0 aliphatic carbocycles. The Balaban J connectivity index is 0.000000617. The highest BCUT2D eigenvalue weighted by Gasteiger charge is 2.10. The summed E-state index contributed by atoms with van der Waals surface area (Å²) in [5, 5.41) is 6.85. The summed E-state index contributed by atoms with van der Waals surface area (Å²) >= 11 is 0. The quantitative estimate of drug-likeness (QED) is 0.693. The van der Waals surface area contributed by atoms with Crippen LogP contribution in [0.3, 0.4) is 0 Å². The first-order valence-corrected chi connectivity index (χ1v) is 4.49. The van der Waals surface area contributed by atoms with E-state index in [9.17, 15) is 8.78 Å². The maximum atomic E-state index is 13.0. The van der Waals surface area contributed by atoms with E-state index in [4.69, 9.17) is 0 Å². The van der Waals surface area contributed by atoms with Crippen molar-refractivity contribution in [2.24, 2.45) is 0 Å². The van der Waals surface area contributed by atoms with Crippen molar-refractivity contribution in [2.75, 3.05) is 0 Å². The highest BCUT2D eigenvalue weighted by molar-refractivity contribution is 5.81. The summed E-state index contributed by atoms with van der Waals surface area (Å²) in [7, 11) is 0. The molecule has 2 nitrogen and oxygen atoms in total. The predicted molar refractivity (Wildman–Crippen MR) is 54.2 cm³/mol. The molecule has 0 atom stereocenters. The molecule has 0 radical (unpaired) electrons. The van der Waals surface area contributed by atoms with Gasteiger partial charge in [0.05, 0.1) is 0 Å². The molecule has 1 heterocycles. The highest BCUT2D eigenvalue weighted by atomic mass is 19.2. The summed E-state index contributed by atoms with van der Waals surface area (Å²) in [6.07, 6.45) is 0. The fourth-order valence-electron chi connectivity index (χ4n) is 1.15. The normalized spacial score (nSPS) is 9.79. The number of fused-ring (bicyclic) bond motifs is 1. The number of aryl methyl sites for hydroxylation is 1. The first kappa shape index (κ1) is 10.6. The Labute approximate surface area is 82.4 Å². The van der Waals surface area contributed by atoms with Crippen molar-refractivity contribution in [1.82, 2.24) is 10.2 Å². The van der Waals surface area contributed by atoms with Crippen molar-refractivity contribution in [3.05, 3.63) is 29.5 Å². The molecule has 4 heteroatoms. The molecule has 0 unspecified atom stereocenters. The molecule has 0 bridgehead atoms. The number of hydrogen-bond donors (Lipinski definition) is 1. The zero-order valence-electron chi connectivity index (χ0n) is 8.36. The van der Waals surface area contributed by atoms with Gasteiger partial charge in [0.1, 0.15) is 5.52 Å². The molecule has 0 saturated heterocycles. The highest BCUT2D eigenvalue weighted by Crippen LogP contribution is 2.19. The number of nitrogens with one attached hydrogen (secondary N) is 1. The number of halogens is 2. The van der Waals surface area contributed by atoms with Gasteiger partial charge in [-0.05, 0) is 19.1 Å². The van der Waals surface area contributed by atoms with Crippen molar-refractivity contribution in [2.45, 2.75) is 20.8 Å². The van der Waals surface area contributed by atoms with Gasteiger partial charge in [0.25, 0.3) is 0 Å². The summed E-state index contributed by atoms with van der Waals surface area (Å²) in [4.78, 5) is 0. The van der Waals surface area contributed by atoms with Crippen molar-refractivity contribution in [1.29, 1.82) is 0 Å². The van der Waals surface area contributed by atoms with E-state index < -0.39 is 11.6 Å². The molecule has 78 valence electrons. The van der Waals surface area contributed by atoms with E-state index >= 15 is 0 Å². The van der Waals surface area contributed by atoms with E-state index in [0.29, 0.717) is 5.39 Å². The maximum Gasteiger partial charge on any atom is 0.186 e. The van der Waals surface area contributed by atoms with Crippen LogP contribution in [0.25, 0.3) is 10.9 Å². The monoisotopic (exact) mass is 200 g/mol. The molecule has 0 aliphatic heterocycles. The Hall–Kier alpha value is -1.45. The number of hydrogen-bond acceptors (Lipinski definition) is 1. The second-order valence-corrected chi connectivity index (χ2v) is 2.61. The summed E-state index contributed by atoms with van der Waals surface area (Å²) < 4.78 is 25.6. The van der Waals surface area contributed by atoms with Gasteiger partial charge >= 0.3 is 0 Å². The molecule has 2 rings (SSSR count). The standard InChI is InChI=1S/C8H6F2N2.C2H6.H2/c1-4-5-2-3-6(9)7(10)8(5)12-11-4;1-2;/h2-3H,1H3,(H,11,12);1-2H3;1H. The zero-order chi connectivity index (χ0) is 10.7. The number of aromatic amines is 1. The Kier molecular flexibility index (Phi) is 3.17. The first-order valence-electron chi connectivity index (χ1n) is 4.49. The van der Waals surface area contributed by atoms with E-state index in [1.54, 1.807) is 6.92 Å². The van der Waals surface area contributed by atoms with Gasteiger partial charge in [-0.15, -0.1) is 0 Å². The summed E-state index contributed by atoms with van der Waals surface area (Å²) in [6, 6.07) is 2.60. The molecular weight excluding hydrogens is 186 g/mol. The van der Waals surface area contributed by atoms with Crippen LogP contribution in [0.2, 0.25) is 0 Å². The summed E-state index contributed by atoms with van der Waals surface area (Å²) in [6.45, 7) is 5.76. The molecule has 0 saturated carbocycles. The lowest BCUT2D eigenvalue weighted by Gasteiger charge is -1.92. The third-order valence-electron chi connectivity index (χ3n) is 1.81. The van der Waals surface area contributed by atoms with Gasteiger partial charge < -0.3 is 0 Å². The topological polar surface area (TPSA) is 28.7 Å². The SMILES string of the molecule is CC.Cc1[nH]nc2c(F)c(F)ccc12.[HH]. The Morgan fingerprint density at radius 2 is 1.93 bits per heavy atom. The fourth-order valence-corrected chi connectivity index (χ4v) is 1.15. The number of H-pyrrole nitrogens is 1. The lowest BCUT2D eigenvalue weighted by atomic mass is 10.2. The van der Waals surface area contributed by atoms with Gasteiger partial charge in [-0.25, -0.2) is 8.78 Å². The lowest BCUT2D eigenvalue weighted by Crippen LogP contribution is -1.84. The van der Waals surface area contributed by atoms with Gasteiger partial charge in [-0.3, -0.25) is 5.10 Å². The van der Waals surface area contributed by atoms with Gasteiger partial charge in [0.2, 0.25) is 0 Å². The molecule has 14 heavy (non-hydrogen) atoms. The number of nitrogens with zero attached hydrogens (tertiary/aromatic N) is 1. The minimum atomic E-state index is -0.892. The summed E-state index contributed by atoms with van der Waals surface area (Å²) in [5.41, 5.74) is 0.802. The van der Waals surface area contributed by atoms with Crippen LogP contribution in [-0.2, 0) is 0 Å². The largest absolute Gasteiger partial charge is 0.282 e. The van der Waals surface area contributed by atoms with Crippen molar-refractivity contribution in [3.63, 3.8) is 0 Å². The van der Waals surface area contributed by atoms with Crippen LogP contribution in [0.1, 0.15) is 21.0 Å². The number of aromatic nitrogens is 2. The van der Waals surface area contributed by atoms with Crippen molar-refractivity contribution in [3.8, 4) is 0 Å². The third-order valence-corrected chi connectivity index (χ3v) is 1.81. The van der Waals surface area contributed by atoms with Gasteiger partial charge in [-0.1, -0.05) is 13.8 Å². The fraction of sp³-hybridized carbons (Fsp3) is 0.300. The molecule has 1 aromatic heterocycles. The minimum Gasteiger partial charge on any atom is -0.282 e. The predicted octanol–water partition coefficient (Wildman–Crippen LogP) is 3.42. The minimum absolute atomic E-state index is 0. The van der Waals surface area contributed by atoms with Crippen LogP contribution in [0.15, 0.2) is 12.1 Å². The van der Waals surface area contributed by atoms with Crippen LogP contribution < -0.4 is 0 Å². The molecular formula is C10H14F2N2. The smallest absolute Gasteiger partial charge is 0.186 e. The first-order chi connectivity index (χ1) is 6.70. The lowest BCUT2D eigenvalue weighted by molar-refractivity contribution is 0.515. The van der Waals surface area contributed by atoms with Crippen LogP contribution in [-0.4, -0.2) is 10.2 Å². The molecule has 2 aromatic rings.